The second kappa shape index (κ2) is 6.69. The van der Waals surface area contributed by atoms with Crippen LogP contribution in [0.4, 0.5) is 5.69 Å². The summed E-state index contributed by atoms with van der Waals surface area (Å²) >= 11 is 9.03. The molecule has 1 amide bonds. The Balaban J connectivity index is 2.38. The lowest BCUT2D eigenvalue weighted by Gasteiger charge is -2.21. The molecule has 0 radical (unpaired) electrons. The quantitative estimate of drug-likeness (QED) is 0.898. The Morgan fingerprint density at radius 2 is 1.90 bits per heavy atom. The molecule has 0 unspecified atom stereocenters. The summed E-state index contributed by atoms with van der Waals surface area (Å²) in [6.45, 7) is -0.451. The molecule has 1 heterocycles. The van der Waals surface area contributed by atoms with Crippen molar-refractivity contribution < 1.29 is 14.7 Å². The summed E-state index contributed by atoms with van der Waals surface area (Å²) in [5.41, 5.74) is 0.743. The molecule has 0 fully saturated rings. The number of hydrogen-bond donors (Lipinski definition) is 1. The van der Waals surface area contributed by atoms with E-state index in [1.165, 1.54) is 6.20 Å². The normalized spacial score (nSPS) is 10.2. The summed E-state index contributed by atoms with van der Waals surface area (Å²) in [6, 6.07) is 7.96. The van der Waals surface area contributed by atoms with Gasteiger partial charge in [-0.1, -0.05) is 11.6 Å². The van der Waals surface area contributed by atoms with Crippen LogP contribution in [0.3, 0.4) is 0 Å². The average molecular weight is 370 g/mol. The van der Waals surface area contributed by atoms with Gasteiger partial charge in [-0.05, 0) is 46.3 Å². The second-order valence-electron chi connectivity index (χ2n) is 4.15. The lowest BCUT2D eigenvalue weighted by molar-refractivity contribution is -0.135. The van der Waals surface area contributed by atoms with Crippen LogP contribution in [0, 0.1) is 0 Å². The van der Waals surface area contributed by atoms with Gasteiger partial charge in [-0.25, -0.2) is 0 Å². The van der Waals surface area contributed by atoms with Crippen molar-refractivity contribution in [3.63, 3.8) is 0 Å². The van der Waals surface area contributed by atoms with Gasteiger partial charge in [0.2, 0.25) is 0 Å². The molecule has 108 valence electrons. The lowest BCUT2D eigenvalue weighted by Crippen LogP contribution is -2.35. The van der Waals surface area contributed by atoms with E-state index in [4.69, 9.17) is 16.7 Å². The number of halogens is 2. The summed E-state index contributed by atoms with van der Waals surface area (Å²) in [5.74, 6) is -1.56. The number of carboxylic acids is 1. The zero-order valence-electron chi connectivity index (χ0n) is 10.7. The van der Waals surface area contributed by atoms with Crippen LogP contribution in [-0.4, -0.2) is 28.5 Å². The number of carboxylic acid groups (broad SMARTS) is 1. The van der Waals surface area contributed by atoms with Crippen LogP contribution in [0.15, 0.2) is 47.2 Å². The molecule has 0 atom stereocenters. The smallest absolute Gasteiger partial charge is 0.323 e. The molecule has 1 aromatic heterocycles. The fraction of sp³-hybridized carbons (Fsp3) is 0.0714. The first-order valence-corrected chi connectivity index (χ1v) is 7.04. The van der Waals surface area contributed by atoms with Gasteiger partial charge in [-0.15, -0.1) is 0 Å². The molecule has 1 aromatic carbocycles. The average Bonchev–Trinajstić information content (AvgIpc) is 2.45. The maximum atomic E-state index is 12.5. The Kier molecular flexibility index (Phi) is 4.93. The molecule has 7 heteroatoms. The predicted octanol–water partition coefficient (Wildman–Crippen LogP) is 3.23. The lowest BCUT2D eigenvalue weighted by atomic mass is 10.2. The number of anilines is 1. The maximum Gasteiger partial charge on any atom is 0.323 e. The summed E-state index contributed by atoms with van der Waals surface area (Å²) in [6.07, 6.45) is 2.93. The highest BCUT2D eigenvalue weighted by Crippen LogP contribution is 2.21. The van der Waals surface area contributed by atoms with Gasteiger partial charge < -0.3 is 5.11 Å². The monoisotopic (exact) mass is 368 g/mol. The fourth-order valence-electron chi connectivity index (χ4n) is 1.72. The van der Waals surface area contributed by atoms with Gasteiger partial charge in [0.25, 0.3) is 5.91 Å². The Morgan fingerprint density at radius 3 is 2.48 bits per heavy atom. The number of carbonyl (C=O) groups is 2. The van der Waals surface area contributed by atoms with Gasteiger partial charge in [-0.2, -0.15) is 0 Å². The number of rotatable bonds is 4. The van der Waals surface area contributed by atoms with Crippen LogP contribution in [0.2, 0.25) is 5.02 Å². The Bertz CT molecular complexity index is 676. The molecule has 0 saturated carbocycles. The fourth-order valence-corrected chi connectivity index (χ4v) is 2.21. The van der Waals surface area contributed by atoms with E-state index in [0.717, 1.165) is 4.90 Å². The third-order valence-electron chi connectivity index (χ3n) is 2.63. The van der Waals surface area contributed by atoms with Gasteiger partial charge in [0.05, 0.1) is 5.56 Å². The van der Waals surface area contributed by atoms with Crippen molar-refractivity contribution in [1.29, 1.82) is 0 Å². The number of amides is 1. The van der Waals surface area contributed by atoms with E-state index in [-0.39, 0.29) is 0 Å². The van der Waals surface area contributed by atoms with Gasteiger partial charge in [-0.3, -0.25) is 19.5 Å². The Morgan fingerprint density at radius 1 is 1.24 bits per heavy atom. The highest BCUT2D eigenvalue weighted by atomic mass is 79.9. The third-order valence-corrected chi connectivity index (χ3v) is 3.31. The van der Waals surface area contributed by atoms with Gasteiger partial charge in [0.15, 0.2) is 0 Å². The van der Waals surface area contributed by atoms with Crippen LogP contribution in [0.5, 0.6) is 0 Å². The highest BCUT2D eigenvalue weighted by molar-refractivity contribution is 9.10. The van der Waals surface area contributed by atoms with Gasteiger partial charge in [0, 0.05) is 27.6 Å². The molecule has 0 spiro atoms. The molecule has 0 saturated heterocycles. The molecule has 0 aliphatic carbocycles. The summed E-state index contributed by atoms with van der Waals surface area (Å²) in [7, 11) is 0. The number of pyridine rings is 1. The van der Waals surface area contributed by atoms with Crippen LogP contribution in [0.1, 0.15) is 10.4 Å². The first-order valence-electron chi connectivity index (χ1n) is 5.87. The molecule has 0 bridgehead atoms. The number of aromatic nitrogens is 1. The molecular formula is C14H10BrClN2O3. The van der Waals surface area contributed by atoms with Crippen LogP contribution >= 0.6 is 27.5 Å². The number of hydrogen-bond acceptors (Lipinski definition) is 3. The molecule has 1 N–H and O–H groups in total. The zero-order chi connectivity index (χ0) is 15.4. The SMILES string of the molecule is O=C(O)CN(C(=O)c1cncc(Br)c1)c1ccc(Cl)cc1. The molecule has 0 aliphatic heterocycles. The number of benzene rings is 1. The van der Waals surface area contributed by atoms with Gasteiger partial charge >= 0.3 is 5.97 Å². The molecule has 2 rings (SSSR count). The van der Waals surface area contributed by atoms with Crippen LogP contribution in [0.25, 0.3) is 0 Å². The van der Waals surface area contributed by atoms with E-state index in [1.54, 1.807) is 36.5 Å². The topological polar surface area (TPSA) is 70.5 Å². The predicted molar refractivity (Wildman–Crippen MR) is 82.7 cm³/mol. The minimum absolute atomic E-state index is 0.292. The minimum atomic E-state index is -1.11. The maximum absolute atomic E-state index is 12.5. The van der Waals surface area contributed by atoms with Gasteiger partial charge in [0.1, 0.15) is 6.54 Å². The van der Waals surface area contributed by atoms with Crippen molar-refractivity contribution >= 4 is 45.1 Å². The third kappa shape index (κ3) is 4.03. The summed E-state index contributed by atoms with van der Waals surface area (Å²) < 4.78 is 0.639. The van der Waals surface area contributed by atoms with Crippen molar-refractivity contribution in [2.45, 2.75) is 0 Å². The van der Waals surface area contributed by atoms with E-state index < -0.39 is 18.4 Å². The van der Waals surface area contributed by atoms with E-state index >= 15 is 0 Å². The van der Waals surface area contributed by atoms with Crippen LogP contribution in [-0.2, 0) is 4.79 Å². The Hall–Kier alpha value is -1.92. The van der Waals surface area contributed by atoms with Crippen molar-refractivity contribution in [2.24, 2.45) is 0 Å². The first kappa shape index (κ1) is 15.5. The van der Waals surface area contributed by atoms with E-state index in [1.807, 2.05) is 0 Å². The van der Waals surface area contributed by atoms with E-state index in [9.17, 15) is 9.59 Å². The van der Waals surface area contributed by atoms with E-state index in [0.29, 0.717) is 20.7 Å². The largest absolute Gasteiger partial charge is 0.480 e. The minimum Gasteiger partial charge on any atom is -0.480 e. The number of aliphatic carboxylic acids is 1. The summed E-state index contributed by atoms with van der Waals surface area (Å²) in [5, 5.41) is 9.51. The first-order chi connectivity index (χ1) is 9.97. The number of carbonyl (C=O) groups excluding carboxylic acids is 1. The molecule has 5 nitrogen and oxygen atoms in total. The van der Waals surface area contributed by atoms with Crippen molar-refractivity contribution in [3.05, 3.63) is 57.8 Å². The zero-order valence-corrected chi connectivity index (χ0v) is 13.0. The van der Waals surface area contributed by atoms with Crippen molar-refractivity contribution in [2.75, 3.05) is 11.4 Å². The second-order valence-corrected chi connectivity index (χ2v) is 5.51. The molecule has 0 aliphatic rings. The molecule has 21 heavy (non-hydrogen) atoms. The molecular weight excluding hydrogens is 360 g/mol. The van der Waals surface area contributed by atoms with Crippen LogP contribution < -0.4 is 4.90 Å². The molecule has 2 aromatic rings. The van der Waals surface area contributed by atoms with Crippen molar-refractivity contribution in [3.8, 4) is 0 Å². The Labute approximate surface area is 134 Å². The summed E-state index contributed by atoms with van der Waals surface area (Å²) in [4.78, 5) is 28.6. The standard InChI is InChI=1S/C14H10BrClN2O3/c15-10-5-9(6-17-7-10)14(21)18(8-13(19)20)12-3-1-11(16)2-4-12/h1-7H,8H2,(H,19,20). The van der Waals surface area contributed by atoms with E-state index in [2.05, 4.69) is 20.9 Å². The highest BCUT2D eigenvalue weighted by Gasteiger charge is 2.21. The number of nitrogens with zero attached hydrogens (tertiary/aromatic N) is 2. The van der Waals surface area contributed by atoms with Crippen molar-refractivity contribution in [1.82, 2.24) is 4.98 Å².